The maximum Gasteiger partial charge on any atom is 0.405 e. The van der Waals surface area contributed by atoms with Crippen LogP contribution in [0.25, 0.3) is 10.9 Å². The normalized spacial score (nSPS) is 16.9. The van der Waals surface area contributed by atoms with Crippen LogP contribution in [0.1, 0.15) is 30.4 Å². The molecule has 5 rings (SSSR count). The van der Waals surface area contributed by atoms with Crippen LogP contribution in [0.5, 0.6) is 0 Å². The first kappa shape index (κ1) is 24.4. The van der Waals surface area contributed by atoms with E-state index in [-0.39, 0.29) is 29.6 Å². The summed E-state index contributed by atoms with van der Waals surface area (Å²) in [6.45, 7) is 0.328. The van der Waals surface area contributed by atoms with E-state index in [1.165, 1.54) is 23.0 Å². The van der Waals surface area contributed by atoms with Gasteiger partial charge in [0.2, 0.25) is 0 Å². The number of pyridine rings is 1. The Morgan fingerprint density at radius 3 is 2.44 bits per heavy atom. The maximum atomic E-state index is 15.2. The molecule has 3 aromatic rings. The third kappa shape index (κ3) is 3.87. The summed E-state index contributed by atoms with van der Waals surface area (Å²) in [4.78, 5) is 23.0. The highest BCUT2D eigenvalue weighted by molar-refractivity contribution is 6.56. The quantitative estimate of drug-likeness (QED) is 0.306. The molecule has 0 bridgehead atoms. The van der Waals surface area contributed by atoms with E-state index in [1.807, 2.05) is 0 Å². The molecule has 3 heterocycles. The lowest BCUT2D eigenvalue weighted by atomic mass is 9.49. The Morgan fingerprint density at radius 1 is 1.08 bits per heavy atom. The van der Waals surface area contributed by atoms with E-state index < -0.39 is 34.2 Å². The predicted molar refractivity (Wildman–Crippen MR) is 134 cm³/mol. The lowest BCUT2D eigenvalue weighted by Gasteiger charge is -2.33. The lowest BCUT2D eigenvalue weighted by Crippen LogP contribution is -2.44. The van der Waals surface area contributed by atoms with Gasteiger partial charge in [-0.2, -0.15) is 18.2 Å². The molecule has 0 spiro atoms. The van der Waals surface area contributed by atoms with Gasteiger partial charge < -0.3 is 9.47 Å². The third-order valence-electron chi connectivity index (χ3n) is 6.72. The molecule has 182 valence electrons. The topological polar surface area (TPSA) is 51.0 Å². The summed E-state index contributed by atoms with van der Waals surface area (Å²) in [6.07, 6.45) is -0.549. The minimum absolute atomic E-state index is 0.0388. The van der Waals surface area contributed by atoms with Gasteiger partial charge in [0, 0.05) is 18.3 Å². The van der Waals surface area contributed by atoms with Crippen molar-refractivity contribution in [3.63, 3.8) is 0 Å². The first-order valence-corrected chi connectivity index (χ1v) is 11.6. The van der Waals surface area contributed by atoms with Crippen LogP contribution in [0, 0.1) is 28.9 Å². The van der Waals surface area contributed by atoms with Gasteiger partial charge in [0.1, 0.15) is 29.0 Å². The highest BCUT2D eigenvalue weighted by Crippen LogP contribution is 2.57. The highest BCUT2D eigenvalue weighted by Gasteiger charge is 2.62. The monoisotopic (exact) mass is 496 g/mol. The van der Waals surface area contributed by atoms with Crippen molar-refractivity contribution in [3.05, 3.63) is 57.8 Å². The van der Waals surface area contributed by atoms with Gasteiger partial charge in [-0.1, -0.05) is 11.8 Å². The van der Waals surface area contributed by atoms with Crippen LogP contribution < -0.4 is 10.6 Å². The number of rotatable bonds is 2. The number of alkyl halides is 3. The Kier molecular flexibility index (Phi) is 5.50. The average molecular weight is 496 g/mol. The Hall–Kier alpha value is -3.29. The molecular formula is C23H20B3F5N4O. The molecule has 1 saturated carbocycles. The minimum atomic E-state index is -4.41. The van der Waals surface area contributed by atoms with E-state index in [1.54, 1.807) is 28.4 Å². The second-order valence-electron chi connectivity index (χ2n) is 10.2. The standard InChI is InChI=1S/C23H20B3F5N4O/c24-23(25,26)35-15-4-3-14(27)18(28)17(15)19(33-20(35)36)34-9-1-2-13-12(10-32-11-16(13)34)5-6-21(7-8-21)22(29,30)31/h3-4,10-11H,1-2,7-9,24-26H2. The molecule has 0 N–H and O–H groups in total. The van der Waals surface area contributed by atoms with Crippen LogP contribution in [0.15, 0.2) is 29.3 Å². The zero-order chi connectivity index (χ0) is 26.0. The number of aromatic nitrogens is 3. The predicted octanol–water partition coefficient (Wildman–Crippen LogP) is 1.32. The first-order valence-electron chi connectivity index (χ1n) is 11.6. The van der Waals surface area contributed by atoms with Gasteiger partial charge in [-0.3, -0.25) is 4.98 Å². The summed E-state index contributed by atoms with van der Waals surface area (Å²) >= 11 is 0. The molecule has 0 unspecified atom stereocenters. The van der Waals surface area contributed by atoms with E-state index >= 15 is 4.39 Å². The third-order valence-corrected chi connectivity index (χ3v) is 6.72. The number of hydrogen-bond donors (Lipinski definition) is 0. The molecule has 0 atom stereocenters. The van der Waals surface area contributed by atoms with Gasteiger partial charge >= 0.3 is 11.9 Å². The van der Waals surface area contributed by atoms with Crippen molar-refractivity contribution in [3.8, 4) is 11.8 Å². The zero-order valence-electron chi connectivity index (χ0n) is 19.9. The second-order valence-corrected chi connectivity index (χ2v) is 10.2. The van der Waals surface area contributed by atoms with E-state index in [9.17, 15) is 22.4 Å². The van der Waals surface area contributed by atoms with Crippen LogP contribution in [0.3, 0.4) is 0 Å². The SMILES string of the molecule is BC(B)(B)n1c(=O)nc(N2CCCc3c(C#CC4(C(F)(F)F)CC4)cncc32)c2c(F)c(F)ccc21. The zero-order valence-corrected chi connectivity index (χ0v) is 19.9. The minimum Gasteiger partial charge on any atom is -0.324 e. The summed E-state index contributed by atoms with van der Waals surface area (Å²) in [5.74, 6) is 2.79. The van der Waals surface area contributed by atoms with Crippen molar-refractivity contribution in [2.75, 3.05) is 11.4 Å². The number of halogens is 5. The molecule has 1 fully saturated rings. The Bertz CT molecular complexity index is 1520. The summed E-state index contributed by atoms with van der Waals surface area (Å²) in [7, 11) is 5.28. The van der Waals surface area contributed by atoms with Crippen LogP contribution in [0.2, 0.25) is 0 Å². The summed E-state index contributed by atoms with van der Waals surface area (Å²) in [5.41, 5.74) is -1.00. The van der Waals surface area contributed by atoms with Gasteiger partial charge in [0.25, 0.3) is 0 Å². The summed E-state index contributed by atoms with van der Waals surface area (Å²) < 4.78 is 71.0. The van der Waals surface area contributed by atoms with Crippen LogP contribution in [0.4, 0.5) is 33.5 Å². The van der Waals surface area contributed by atoms with E-state index in [2.05, 4.69) is 21.8 Å². The lowest BCUT2D eigenvalue weighted by molar-refractivity contribution is -0.168. The van der Waals surface area contributed by atoms with Crippen molar-refractivity contribution in [2.45, 2.75) is 37.1 Å². The van der Waals surface area contributed by atoms with E-state index in [4.69, 9.17) is 0 Å². The van der Waals surface area contributed by atoms with Crippen LogP contribution in [-0.4, -0.2) is 50.8 Å². The summed E-state index contributed by atoms with van der Waals surface area (Å²) in [6, 6.07) is 2.32. The van der Waals surface area contributed by atoms with E-state index in [0.29, 0.717) is 36.2 Å². The van der Waals surface area contributed by atoms with Crippen molar-refractivity contribution < 1.29 is 22.0 Å². The van der Waals surface area contributed by atoms with Gasteiger partial charge in [0.15, 0.2) is 17.5 Å². The molecule has 2 aromatic heterocycles. The fourth-order valence-corrected chi connectivity index (χ4v) is 4.71. The van der Waals surface area contributed by atoms with Gasteiger partial charge in [-0.15, -0.1) is 0 Å². The number of nitrogens with zero attached hydrogens (tertiary/aromatic N) is 4. The number of anilines is 2. The Morgan fingerprint density at radius 2 is 1.81 bits per heavy atom. The molecule has 0 radical (unpaired) electrons. The average Bonchev–Trinajstić information content (AvgIpc) is 3.60. The van der Waals surface area contributed by atoms with Crippen LogP contribution in [-0.2, 0) is 11.7 Å². The van der Waals surface area contributed by atoms with E-state index in [0.717, 1.165) is 6.07 Å². The molecule has 2 aliphatic rings. The number of fused-ring (bicyclic) bond motifs is 2. The van der Waals surface area contributed by atoms with Crippen molar-refractivity contribution in [2.24, 2.45) is 5.41 Å². The number of hydrogen-bond acceptors (Lipinski definition) is 4. The van der Waals surface area contributed by atoms with Gasteiger partial charge in [-0.05, 0) is 48.6 Å². The first-order chi connectivity index (χ1) is 16.8. The number of benzene rings is 1. The molecule has 1 aliphatic heterocycles. The molecule has 0 saturated heterocycles. The highest BCUT2D eigenvalue weighted by atomic mass is 19.4. The van der Waals surface area contributed by atoms with Crippen LogP contribution >= 0.6 is 0 Å². The van der Waals surface area contributed by atoms with Gasteiger partial charge in [-0.25, -0.2) is 13.6 Å². The second kappa shape index (κ2) is 8.12. The molecule has 13 heteroatoms. The fraction of sp³-hybridized carbons (Fsp3) is 0.348. The fourth-order valence-electron chi connectivity index (χ4n) is 4.71. The van der Waals surface area contributed by atoms with Crippen molar-refractivity contribution >= 4 is 45.9 Å². The Balaban J connectivity index is 1.70. The van der Waals surface area contributed by atoms with Crippen molar-refractivity contribution in [1.82, 2.24) is 14.5 Å². The molecule has 1 aromatic carbocycles. The molecular weight excluding hydrogens is 476 g/mol. The largest absolute Gasteiger partial charge is 0.405 e. The molecule has 1 aliphatic carbocycles. The molecule has 36 heavy (non-hydrogen) atoms. The molecule has 5 nitrogen and oxygen atoms in total. The summed E-state index contributed by atoms with van der Waals surface area (Å²) in [5, 5.41) is -0.908. The Labute approximate surface area is 206 Å². The smallest absolute Gasteiger partial charge is 0.324 e. The molecule has 0 amide bonds. The van der Waals surface area contributed by atoms with Gasteiger partial charge in [0.05, 0.1) is 22.8 Å². The maximum absolute atomic E-state index is 15.2. The van der Waals surface area contributed by atoms with Crippen molar-refractivity contribution in [1.29, 1.82) is 0 Å².